The van der Waals surface area contributed by atoms with E-state index in [2.05, 4.69) is 15.3 Å². The molecule has 5 heteroatoms. The fraction of sp³-hybridized carbons (Fsp3) is 0.600. The van der Waals surface area contributed by atoms with Gasteiger partial charge in [0.1, 0.15) is 6.33 Å². The minimum atomic E-state index is -0.466. The first-order chi connectivity index (χ1) is 7.33. The van der Waals surface area contributed by atoms with Gasteiger partial charge in [0.2, 0.25) is 0 Å². The summed E-state index contributed by atoms with van der Waals surface area (Å²) in [6, 6.07) is 1.84. The van der Waals surface area contributed by atoms with Gasteiger partial charge in [-0.2, -0.15) is 0 Å². The van der Waals surface area contributed by atoms with Crippen molar-refractivity contribution in [3.63, 3.8) is 0 Å². The van der Waals surface area contributed by atoms with E-state index in [1.807, 2.05) is 13.0 Å². The predicted octanol–water partition coefficient (Wildman–Crippen LogP) is -0.0364. The van der Waals surface area contributed by atoms with Crippen molar-refractivity contribution in [2.45, 2.75) is 19.6 Å². The van der Waals surface area contributed by atoms with Crippen molar-refractivity contribution in [1.82, 2.24) is 15.3 Å². The molecule has 2 N–H and O–H groups in total. The van der Waals surface area contributed by atoms with Gasteiger partial charge in [-0.25, -0.2) is 9.97 Å². The fourth-order valence-electron chi connectivity index (χ4n) is 1.10. The van der Waals surface area contributed by atoms with Crippen molar-refractivity contribution in [1.29, 1.82) is 0 Å². The zero-order valence-corrected chi connectivity index (χ0v) is 8.89. The number of nitrogens with zero attached hydrogens (tertiary/aromatic N) is 2. The topological polar surface area (TPSA) is 67.3 Å². The molecule has 0 saturated heterocycles. The number of hydrogen-bond donors (Lipinski definition) is 2. The van der Waals surface area contributed by atoms with Gasteiger partial charge in [-0.05, 0) is 13.0 Å². The minimum Gasteiger partial charge on any atom is -0.389 e. The molecule has 0 aliphatic carbocycles. The molecule has 0 aliphatic heterocycles. The van der Waals surface area contributed by atoms with Gasteiger partial charge in [0, 0.05) is 25.9 Å². The van der Waals surface area contributed by atoms with E-state index in [9.17, 15) is 5.11 Å². The summed E-state index contributed by atoms with van der Waals surface area (Å²) in [5.41, 5.74) is 0.911. The Kier molecular flexibility index (Phi) is 5.84. The molecule has 0 amide bonds. The van der Waals surface area contributed by atoms with E-state index in [-0.39, 0.29) is 0 Å². The van der Waals surface area contributed by atoms with Crippen LogP contribution >= 0.6 is 0 Å². The Morgan fingerprint density at radius 1 is 1.60 bits per heavy atom. The van der Waals surface area contributed by atoms with Crippen LogP contribution in [0.25, 0.3) is 0 Å². The van der Waals surface area contributed by atoms with E-state index in [1.165, 1.54) is 6.33 Å². The van der Waals surface area contributed by atoms with Crippen LogP contribution in [-0.4, -0.2) is 40.9 Å². The molecule has 0 spiro atoms. The lowest BCUT2D eigenvalue weighted by Crippen LogP contribution is -2.30. The largest absolute Gasteiger partial charge is 0.389 e. The summed E-state index contributed by atoms with van der Waals surface area (Å²) in [5, 5.41) is 12.5. The van der Waals surface area contributed by atoms with Crippen LogP contribution in [0.4, 0.5) is 0 Å². The highest BCUT2D eigenvalue weighted by molar-refractivity contribution is 4.96. The summed E-state index contributed by atoms with van der Waals surface area (Å²) in [6.45, 7) is 4.03. The lowest BCUT2D eigenvalue weighted by Gasteiger charge is -2.11. The molecule has 84 valence electrons. The van der Waals surface area contributed by atoms with Gasteiger partial charge in [-0.3, -0.25) is 0 Å². The predicted molar refractivity (Wildman–Crippen MR) is 56.2 cm³/mol. The van der Waals surface area contributed by atoms with Gasteiger partial charge < -0.3 is 15.2 Å². The normalized spacial score (nSPS) is 12.7. The highest BCUT2D eigenvalue weighted by atomic mass is 16.5. The molecule has 0 fully saturated rings. The van der Waals surface area contributed by atoms with Gasteiger partial charge in [0.15, 0.2) is 0 Å². The highest BCUT2D eigenvalue weighted by Crippen LogP contribution is 1.90. The molecule has 15 heavy (non-hydrogen) atoms. The summed E-state index contributed by atoms with van der Waals surface area (Å²) >= 11 is 0. The summed E-state index contributed by atoms with van der Waals surface area (Å²) < 4.78 is 5.08. The second-order valence-corrected chi connectivity index (χ2v) is 3.14. The first kappa shape index (κ1) is 12.0. The van der Waals surface area contributed by atoms with E-state index < -0.39 is 6.10 Å². The third-order valence-corrected chi connectivity index (χ3v) is 1.84. The van der Waals surface area contributed by atoms with Gasteiger partial charge in [0.05, 0.1) is 18.4 Å². The van der Waals surface area contributed by atoms with Gasteiger partial charge in [-0.15, -0.1) is 0 Å². The number of aliphatic hydroxyl groups excluding tert-OH is 1. The van der Waals surface area contributed by atoms with Crippen LogP contribution in [0.1, 0.15) is 12.6 Å². The zero-order valence-electron chi connectivity index (χ0n) is 8.89. The molecule has 1 heterocycles. The molecule has 1 unspecified atom stereocenters. The quantitative estimate of drug-likeness (QED) is 0.662. The Labute approximate surface area is 89.5 Å². The third kappa shape index (κ3) is 5.41. The van der Waals surface area contributed by atoms with E-state index in [4.69, 9.17) is 4.74 Å². The van der Waals surface area contributed by atoms with Crippen LogP contribution in [-0.2, 0) is 11.3 Å². The first-order valence-corrected chi connectivity index (χ1v) is 5.04. The second-order valence-electron chi connectivity index (χ2n) is 3.14. The fourth-order valence-corrected chi connectivity index (χ4v) is 1.10. The maximum Gasteiger partial charge on any atom is 0.115 e. The molecule has 0 aliphatic rings. The second kappa shape index (κ2) is 7.28. The summed E-state index contributed by atoms with van der Waals surface area (Å²) in [4.78, 5) is 7.87. The van der Waals surface area contributed by atoms with Crippen LogP contribution in [0.2, 0.25) is 0 Å². The van der Waals surface area contributed by atoms with E-state index in [0.717, 1.165) is 5.69 Å². The minimum absolute atomic E-state index is 0.368. The molecule has 1 aromatic heterocycles. The lowest BCUT2D eigenvalue weighted by molar-refractivity contribution is 0.0427. The third-order valence-electron chi connectivity index (χ3n) is 1.84. The van der Waals surface area contributed by atoms with Crippen LogP contribution in [0, 0.1) is 0 Å². The Morgan fingerprint density at radius 2 is 2.47 bits per heavy atom. The molecule has 1 aromatic rings. The SMILES string of the molecule is CCOCC(O)CNCc1ccncn1. The molecule has 0 radical (unpaired) electrons. The van der Waals surface area contributed by atoms with Crippen molar-refractivity contribution in [2.24, 2.45) is 0 Å². The average Bonchev–Trinajstić information content (AvgIpc) is 2.28. The summed E-state index contributed by atoms with van der Waals surface area (Å²) in [7, 11) is 0. The number of aromatic nitrogens is 2. The maximum atomic E-state index is 9.44. The number of ether oxygens (including phenoxy) is 1. The Hall–Kier alpha value is -1.04. The van der Waals surface area contributed by atoms with Gasteiger partial charge in [0.25, 0.3) is 0 Å². The molecular formula is C10H17N3O2. The summed E-state index contributed by atoms with van der Waals surface area (Å²) in [5.74, 6) is 0. The Morgan fingerprint density at radius 3 is 3.13 bits per heavy atom. The van der Waals surface area contributed by atoms with E-state index in [0.29, 0.717) is 26.3 Å². The van der Waals surface area contributed by atoms with Crippen LogP contribution in [0.3, 0.4) is 0 Å². The standard InChI is InChI=1S/C10H17N3O2/c1-2-15-7-10(14)6-12-5-9-3-4-11-8-13-9/h3-4,8,10,12,14H,2,5-7H2,1H3. The lowest BCUT2D eigenvalue weighted by atomic mass is 10.3. The molecule has 5 nitrogen and oxygen atoms in total. The van der Waals surface area contributed by atoms with Crippen LogP contribution in [0.5, 0.6) is 0 Å². The molecule has 0 bridgehead atoms. The van der Waals surface area contributed by atoms with Crippen molar-refractivity contribution >= 4 is 0 Å². The summed E-state index contributed by atoms with van der Waals surface area (Å²) in [6.07, 6.45) is 2.74. The highest BCUT2D eigenvalue weighted by Gasteiger charge is 2.02. The number of rotatable bonds is 7. The number of nitrogens with one attached hydrogen (secondary N) is 1. The number of aliphatic hydroxyl groups is 1. The molecule has 0 saturated carbocycles. The van der Waals surface area contributed by atoms with Crippen LogP contribution < -0.4 is 5.32 Å². The first-order valence-electron chi connectivity index (χ1n) is 5.04. The maximum absolute atomic E-state index is 9.44. The molecule has 0 aromatic carbocycles. The van der Waals surface area contributed by atoms with Gasteiger partial charge in [-0.1, -0.05) is 0 Å². The molecule has 1 atom stereocenters. The monoisotopic (exact) mass is 211 g/mol. The smallest absolute Gasteiger partial charge is 0.115 e. The number of hydrogen-bond acceptors (Lipinski definition) is 5. The zero-order chi connectivity index (χ0) is 10.9. The van der Waals surface area contributed by atoms with E-state index in [1.54, 1.807) is 6.20 Å². The molecular weight excluding hydrogens is 194 g/mol. The van der Waals surface area contributed by atoms with Crippen molar-refractivity contribution in [2.75, 3.05) is 19.8 Å². The molecule has 1 rings (SSSR count). The van der Waals surface area contributed by atoms with Gasteiger partial charge >= 0.3 is 0 Å². The van der Waals surface area contributed by atoms with Crippen molar-refractivity contribution < 1.29 is 9.84 Å². The Balaban J connectivity index is 2.11. The van der Waals surface area contributed by atoms with E-state index >= 15 is 0 Å². The van der Waals surface area contributed by atoms with Crippen molar-refractivity contribution in [3.05, 3.63) is 24.3 Å². The Bertz CT molecular complexity index is 256. The van der Waals surface area contributed by atoms with Crippen molar-refractivity contribution in [3.8, 4) is 0 Å². The van der Waals surface area contributed by atoms with Crippen LogP contribution in [0.15, 0.2) is 18.6 Å². The average molecular weight is 211 g/mol.